The molecule has 0 aliphatic heterocycles. The molecule has 1 aliphatic rings. The number of rotatable bonds is 5. The minimum Gasteiger partial charge on any atom is -0.449 e. The largest absolute Gasteiger partial charge is 0.449 e. The van der Waals surface area contributed by atoms with Gasteiger partial charge < -0.3 is 10.1 Å². The topological polar surface area (TPSA) is 113 Å². The van der Waals surface area contributed by atoms with Gasteiger partial charge in [0.25, 0.3) is 5.91 Å². The summed E-state index contributed by atoms with van der Waals surface area (Å²) in [5.74, 6) is -1.47. The minimum absolute atomic E-state index is 0.123. The van der Waals surface area contributed by atoms with Crippen molar-refractivity contribution >= 4 is 21.7 Å². The first-order chi connectivity index (χ1) is 12.2. The Balaban J connectivity index is 2.10. The fourth-order valence-electron chi connectivity index (χ4n) is 2.99. The Hall–Kier alpha value is -2.40. The van der Waals surface area contributed by atoms with E-state index in [1.165, 1.54) is 31.2 Å². The monoisotopic (exact) mass is 378 g/mol. The fraction of sp³-hybridized carbons (Fsp3) is 0.500. The summed E-state index contributed by atoms with van der Waals surface area (Å²) in [6.07, 6.45) is 3.69. The SMILES string of the molecule is C[C@H](OC(=O)c1ccccc1S(C)(=O)=O)C(=O)NC1(C#N)CCCCC1. The lowest BCUT2D eigenvalue weighted by Gasteiger charge is -2.32. The van der Waals surface area contributed by atoms with Crippen molar-refractivity contribution in [2.75, 3.05) is 6.26 Å². The minimum atomic E-state index is -3.62. The average molecular weight is 378 g/mol. The lowest BCUT2D eigenvalue weighted by molar-refractivity contribution is -0.130. The second-order valence-electron chi connectivity index (χ2n) is 6.56. The molecule has 0 aromatic heterocycles. The van der Waals surface area contributed by atoms with E-state index >= 15 is 0 Å². The van der Waals surface area contributed by atoms with E-state index < -0.39 is 33.4 Å². The highest BCUT2D eigenvalue weighted by molar-refractivity contribution is 7.90. The number of carbonyl (C=O) groups is 2. The molecular formula is C18H22N2O5S. The van der Waals surface area contributed by atoms with E-state index in [0.29, 0.717) is 12.8 Å². The van der Waals surface area contributed by atoms with Gasteiger partial charge in [0.2, 0.25) is 0 Å². The number of nitriles is 1. The van der Waals surface area contributed by atoms with Crippen molar-refractivity contribution in [3.8, 4) is 6.07 Å². The van der Waals surface area contributed by atoms with Crippen LogP contribution in [0, 0.1) is 11.3 Å². The molecule has 1 atom stereocenters. The molecule has 1 aromatic carbocycles. The summed E-state index contributed by atoms with van der Waals surface area (Å²) in [5, 5.41) is 12.1. The van der Waals surface area contributed by atoms with Gasteiger partial charge in [-0.25, -0.2) is 13.2 Å². The van der Waals surface area contributed by atoms with E-state index in [1.807, 2.05) is 0 Å². The van der Waals surface area contributed by atoms with Crippen molar-refractivity contribution in [1.82, 2.24) is 5.32 Å². The Morgan fingerprint density at radius 3 is 2.42 bits per heavy atom. The molecule has 2 rings (SSSR count). The van der Waals surface area contributed by atoms with Crippen LogP contribution in [0.3, 0.4) is 0 Å². The first-order valence-corrected chi connectivity index (χ1v) is 10.3. The van der Waals surface area contributed by atoms with Gasteiger partial charge in [-0.05, 0) is 31.9 Å². The van der Waals surface area contributed by atoms with Gasteiger partial charge >= 0.3 is 5.97 Å². The third kappa shape index (κ3) is 4.61. The van der Waals surface area contributed by atoms with Crippen LogP contribution in [0.2, 0.25) is 0 Å². The summed E-state index contributed by atoms with van der Waals surface area (Å²) in [6.45, 7) is 1.39. The number of nitrogens with one attached hydrogen (secondary N) is 1. The number of amides is 1. The van der Waals surface area contributed by atoms with Crippen LogP contribution >= 0.6 is 0 Å². The van der Waals surface area contributed by atoms with Gasteiger partial charge in [0.05, 0.1) is 16.5 Å². The molecule has 0 bridgehead atoms. The Morgan fingerprint density at radius 2 is 1.85 bits per heavy atom. The molecule has 0 radical (unpaired) electrons. The predicted molar refractivity (Wildman–Crippen MR) is 94.0 cm³/mol. The van der Waals surface area contributed by atoms with Crippen molar-refractivity contribution in [3.05, 3.63) is 29.8 Å². The third-order valence-electron chi connectivity index (χ3n) is 4.44. The summed E-state index contributed by atoms with van der Waals surface area (Å²) in [4.78, 5) is 24.5. The maximum Gasteiger partial charge on any atom is 0.340 e. The van der Waals surface area contributed by atoms with Crippen molar-refractivity contribution in [2.24, 2.45) is 0 Å². The molecule has 1 aliphatic carbocycles. The first-order valence-electron chi connectivity index (χ1n) is 8.42. The van der Waals surface area contributed by atoms with E-state index in [4.69, 9.17) is 4.74 Å². The van der Waals surface area contributed by atoms with Gasteiger partial charge in [-0.1, -0.05) is 31.4 Å². The van der Waals surface area contributed by atoms with Crippen LogP contribution < -0.4 is 5.32 Å². The second-order valence-corrected chi connectivity index (χ2v) is 8.54. The smallest absolute Gasteiger partial charge is 0.340 e. The zero-order chi connectivity index (χ0) is 19.4. The van der Waals surface area contributed by atoms with Gasteiger partial charge in [0.15, 0.2) is 15.9 Å². The number of sulfone groups is 1. The van der Waals surface area contributed by atoms with Gasteiger partial charge in [-0.15, -0.1) is 0 Å². The highest BCUT2D eigenvalue weighted by atomic mass is 32.2. The van der Waals surface area contributed by atoms with Gasteiger partial charge in [0.1, 0.15) is 5.54 Å². The van der Waals surface area contributed by atoms with E-state index in [2.05, 4.69) is 11.4 Å². The highest BCUT2D eigenvalue weighted by Crippen LogP contribution is 2.27. The molecule has 1 aromatic rings. The maximum absolute atomic E-state index is 12.4. The zero-order valence-electron chi connectivity index (χ0n) is 14.8. The van der Waals surface area contributed by atoms with E-state index in [0.717, 1.165) is 25.5 Å². The molecule has 0 heterocycles. The van der Waals surface area contributed by atoms with Crippen LogP contribution in [0.1, 0.15) is 49.4 Å². The van der Waals surface area contributed by atoms with Crippen LogP contribution in [0.4, 0.5) is 0 Å². The number of esters is 1. The lowest BCUT2D eigenvalue weighted by atomic mass is 9.83. The number of nitrogens with zero attached hydrogens (tertiary/aromatic N) is 1. The molecule has 8 heteroatoms. The third-order valence-corrected chi connectivity index (χ3v) is 5.60. The lowest BCUT2D eigenvalue weighted by Crippen LogP contribution is -2.52. The Labute approximate surface area is 153 Å². The van der Waals surface area contributed by atoms with Crippen LogP contribution in [-0.2, 0) is 19.4 Å². The zero-order valence-corrected chi connectivity index (χ0v) is 15.6. The maximum atomic E-state index is 12.4. The van der Waals surface area contributed by atoms with E-state index in [1.54, 1.807) is 0 Å². The molecule has 1 fully saturated rings. The summed E-state index contributed by atoms with van der Waals surface area (Å²) < 4.78 is 28.7. The predicted octanol–water partition coefficient (Wildman–Crippen LogP) is 1.98. The van der Waals surface area contributed by atoms with Crippen LogP contribution in [0.5, 0.6) is 0 Å². The van der Waals surface area contributed by atoms with Crippen LogP contribution in [0.25, 0.3) is 0 Å². The highest BCUT2D eigenvalue weighted by Gasteiger charge is 2.35. The number of benzene rings is 1. The van der Waals surface area contributed by atoms with Gasteiger partial charge in [0, 0.05) is 6.26 Å². The average Bonchev–Trinajstić information content (AvgIpc) is 2.61. The fourth-order valence-corrected chi connectivity index (χ4v) is 3.87. The summed E-state index contributed by atoms with van der Waals surface area (Å²) in [7, 11) is -3.62. The Bertz CT molecular complexity index is 835. The number of ether oxygens (including phenoxy) is 1. The standard InChI is InChI=1S/C18H22N2O5S/c1-13(16(21)20-18(12-19)10-6-3-7-11-18)25-17(22)14-8-4-5-9-15(14)26(2,23)24/h4-5,8-9,13H,3,6-7,10-11H2,1-2H3,(H,20,21)/t13-/m0/s1. The molecule has 26 heavy (non-hydrogen) atoms. The molecule has 7 nitrogen and oxygen atoms in total. The second kappa shape index (κ2) is 7.87. The number of hydrogen-bond donors (Lipinski definition) is 1. The normalized spacial score (nSPS) is 17.6. The Kier molecular flexibility index (Phi) is 6.03. The van der Waals surface area contributed by atoms with Crippen molar-refractivity contribution < 1.29 is 22.7 Å². The van der Waals surface area contributed by atoms with Crippen molar-refractivity contribution in [1.29, 1.82) is 5.26 Å². The van der Waals surface area contributed by atoms with E-state index in [-0.39, 0.29) is 10.5 Å². The molecule has 1 N–H and O–H groups in total. The summed E-state index contributed by atoms with van der Waals surface area (Å²) in [5.41, 5.74) is -1.05. The first kappa shape index (κ1) is 19.9. The van der Waals surface area contributed by atoms with E-state index in [9.17, 15) is 23.3 Å². The molecule has 0 spiro atoms. The molecule has 0 saturated heterocycles. The molecule has 1 saturated carbocycles. The summed E-state index contributed by atoms with van der Waals surface area (Å²) >= 11 is 0. The van der Waals surface area contributed by atoms with Crippen molar-refractivity contribution in [2.45, 2.75) is 55.6 Å². The van der Waals surface area contributed by atoms with Gasteiger partial charge in [-0.3, -0.25) is 4.79 Å². The number of hydrogen-bond acceptors (Lipinski definition) is 6. The van der Waals surface area contributed by atoms with Crippen molar-refractivity contribution in [3.63, 3.8) is 0 Å². The summed E-state index contributed by atoms with van der Waals surface area (Å²) in [6, 6.07) is 7.83. The Morgan fingerprint density at radius 1 is 1.23 bits per heavy atom. The molecule has 0 unspecified atom stereocenters. The molecular weight excluding hydrogens is 356 g/mol. The quantitative estimate of drug-likeness (QED) is 0.784. The molecule has 140 valence electrons. The number of carbonyl (C=O) groups excluding carboxylic acids is 2. The van der Waals surface area contributed by atoms with Gasteiger partial charge in [-0.2, -0.15) is 5.26 Å². The van der Waals surface area contributed by atoms with Crippen LogP contribution in [-0.4, -0.2) is 38.2 Å². The van der Waals surface area contributed by atoms with Crippen LogP contribution in [0.15, 0.2) is 29.2 Å². The molecule has 1 amide bonds.